The Balaban J connectivity index is 2.20. The number of pyridine rings is 1. The number of hydrogen-bond acceptors (Lipinski definition) is 4. The Bertz CT molecular complexity index is 486. The number of aromatic nitrogens is 1. The van der Waals surface area contributed by atoms with E-state index in [4.69, 9.17) is 0 Å². The van der Waals surface area contributed by atoms with Crippen LogP contribution >= 0.6 is 0 Å². The third-order valence-electron chi connectivity index (χ3n) is 3.89. The Hall–Kier alpha value is -1.65. The van der Waals surface area contributed by atoms with Crippen LogP contribution in [0.5, 0.6) is 0 Å². The summed E-state index contributed by atoms with van der Waals surface area (Å²) in [7, 11) is 0. The summed E-state index contributed by atoms with van der Waals surface area (Å²) in [6.45, 7) is 8.44. The van der Waals surface area contributed by atoms with Crippen LogP contribution in [0.4, 0.5) is 11.5 Å². The number of nitrogens with zero attached hydrogens (tertiary/aromatic N) is 3. The van der Waals surface area contributed by atoms with Gasteiger partial charge in [-0.2, -0.15) is 0 Å². The molecule has 0 atom stereocenters. The van der Waals surface area contributed by atoms with Crippen LogP contribution in [0.2, 0.25) is 0 Å². The lowest BCUT2D eigenvalue weighted by atomic mass is 9.85. The fourth-order valence-electron chi connectivity index (χ4n) is 2.62. The molecule has 5 heteroatoms. The van der Waals surface area contributed by atoms with Crippen LogP contribution in [0.3, 0.4) is 0 Å². The van der Waals surface area contributed by atoms with Gasteiger partial charge < -0.3 is 4.90 Å². The molecule has 0 bridgehead atoms. The van der Waals surface area contributed by atoms with Gasteiger partial charge in [-0.3, -0.25) is 10.1 Å². The van der Waals surface area contributed by atoms with Gasteiger partial charge in [0.05, 0.1) is 4.92 Å². The SMILES string of the molecule is Cc1cc([N+](=O)[O-])cnc1N1CCCC(C)(C)CC1. The summed E-state index contributed by atoms with van der Waals surface area (Å²) in [5.41, 5.74) is 1.33. The van der Waals surface area contributed by atoms with E-state index in [2.05, 4.69) is 23.7 Å². The van der Waals surface area contributed by atoms with Crippen molar-refractivity contribution in [3.8, 4) is 0 Å². The van der Waals surface area contributed by atoms with E-state index in [1.807, 2.05) is 6.92 Å². The molecule has 1 aliphatic rings. The van der Waals surface area contributed by atoms with E-state index in [0.29, 0.717) is 5.41 Å². The first-order chi connectivity index (χ1) is 8.89. The van der Waals surface area contributed by atoms with Gasteiger partial charge in [0.1, 0.15) is 12.0 Å². The second-order valence-electron chi connectivity index (χ2n) is 6.10. The summed E-state index contributed by atoms with van der Waals surface area (Å²) < 4.78 is 0. The van der Waals surface area contributed by atoms with Crippen molar-refractivity contribution in [2.75, 3.05) is 18.0 Å². The van der Waals surface area contributed by atoms with Crippen molar-refractivity contribution in [2.45, 2.75) is 40.0 Å². The van der Waals surface area contributed by atoms with Gasteiger partial charge in [0.25, 0.3) is 5.69 Å². The van der Waals surface area contributed by atoms with Gasteiger partial charge in [-0.25, -0.2) is 4.98 Å². The maximum absolute atomic E-state index is 10.7. The van der Waals surface area contributed by atoms with Gasteiger partial charge in [0.2, 0.25) is 0 Å². The van der Waals surface area contributed by atoms with Crippen LogP contribution in [0, 0.1) is 22.5 Å². The van der Waals surface area contributed by atoms with Gasteiger partial charge in [0.15, 0.2) is 0 Å². The summed E-state index contributed by atoms with van der Waals surface area (Å²) >= 11 is 0. The Morgan fingerprint density at radius 1 is 1.37 bits per heavy atom. The van der Waals surface area contributed by atoms with Crippen LogP contribution in [-0.2, 0) is 0 Å². The van der Waals surface area contributed by atoms with Crippen LogP contribution in [-0.4, -0.2) is 23.0 Å². The lowest BCUT2D eigenvalue weighted by Crippen LogP contribution is -2.26. The first-order valence-corrected chi connectivity index (χ1v) is 6.75. The van der Waals surface area contributed by atoms with Crippen LogP contribution in [0.1, 0.15) is 38.7 Å². The predicted octanol–water partition coefficient (Wildman–Crippen LogP) is 3.31. The van der Waals surface area contributed by atoms with E-state index in [0.717, 1.165) is 37.3 Å². The van der Waals surface area contributed by atoms with Crippen molar-refractivity contribution in [2.24, 2.45) is 5.41 Å². The van der Waals surface area contributed by atoms with E-state index in [1.165, 1.54) is 12.6 Å². The molecule has 0 aromatic carbocycles. The number of nitro groups is 1. The smallest absolute Gasteiger partial charge is 0.287 e. The van der Waals surface area contributed by atoms with Crippen LogP contribution in [0.15, 0.2) is 12.3 Å². The summed E-state index contributed by atoms with van der Waals surface area (Å²) in [6.07, 6.45) is 4.85. The summed E-state index contributed by atoms with van der Waals surface area (Å²) in [6, 6.07) is 1.61. The molecule has 0 amide bonds. The quantitative estimate of drug-likeness (QED) is 0.606. The van der Waals surface area contributed by atoms with Crippen molar-refractivity contribution < 1.29 is 4.92 Å². The number of aryl methyl sites for hydroxylation is 1. The number of rotatable bonds is 2. The van der Waals surface area contributed by atoms with Gasteiger partial charge >= 0.3 is 0 Å². The van der Waals surface area contributed by atoms with E-state index in [9.17, 15) is 10.1 Å². The molecular weight excluding hydrogens is 242 g/mol. The van der Waals surface area contributed by atoms with Crippen LogP contribution < -0.4 is 4.90 Å². The normalized spacial score (nSPS) is 19.0. The van der Waals surface area contributed by atoms with E-state index >= 15 is 0 Å². The molecule has 1 aromatic rings. The fraction of sp³-hybridized carbons (Fsp3) is 0.643. The molecule has 0 spiro atoms. The molecule has 2 heterocycles. The maximum atomic E-state index is 10.7. The lowest BCUT2D eigenvalue weighted by Gasteiger charge is -2.25. The Morgan fingerprint density at radius 3 is 2.74 bits per heavy atom. The zero-order valence-electron chi connectivity index (χ0n) is 11.8. The second kappa shape index (κ2) is 5.15. The van der Waals surface area contributed by atoms with Gasteiger partial charge in [-0.05, 0) is 37.2 Å². The second-order valence-corrected chi connectivity index (χ2v) is 6.10. The Labute approximate surface area is 113 Å². The maximum Gasteiger partial charge on any atom is 0.287 e. The third-order valence-corrected chi connectivity index (χ3v) is 3.89. The van der Waals surface area contributed by atoms with Gasteiger partial charge in [0, 0.05) is 19.2 Å². The predicted molar refractivity (Wildman–Crippen MR) is 75.5 cm³/mol. The first-order valence-electron chi connectivity index (χ1n) is 6.75. The first kappa shape index (κ1) is 13.8. The van der Waals surface area contributed by atoms with Gasteiger partial charge in [-0.1, -0.05) is 13.8 Å². The monoisotopic (exact) mass is 263 g/mol. The summed E-state index contributed by atoms with van der Waals surface area (Å²) in [4.78, 5) is 16.9. The zero-order valence-corrected chi connectivity index (χ0v) is 11.8. The Morgan fingerprint density at radius 2 is 2.11 bits per heavy atom. The van der Waals surface area contributed by atoms with Crippen molar-refractivity contribution >= 4 is 11.5 Å². The van der Waals surface area contributed by atoms with Crippen molar-refractivity contribution in [1.29, 1.82) is 0 Å². The largest absolute Gasteiger partial charge is 0.356 e. The van der Waals surface area contributed by atoms with Crippen molar-refractivity contribution in [3.63, 3.8) is 0 Å². The minimum atomic E-state index is -0.394. The molecule has 5 nitrogen and oxygen atoms in total. The molecule has 19 heavy (non-hydrogen) atoms. The molecule has 1 saturated heterocycles. The van der Waals surface area contributed by atoms with Crippen LogP contribution in [0.25, 0.3) is 0 Å². The molecule has 1 fully saturated rings. The topological polar surface area (TPSA) is 59.3 Å². The van der Waals surface area contributed by atoms with E-state index < -0.39 is 4.92 Å². The average molecular weight is 263 g/mol. The highest BCUT2D eigenvalue weighted by Gasteiger charge is 2.24. The van der Waals surface area contributed by atoms with E-state index in [-0.39, 0.29) is 5.69 Å². The van der Waals surface area contributed by atoms with Crippen molar-refractivity contribution in [3.05, 3.63) is 27.9 Å². The summed E-state index contributed by atoms with van der Waals surface area (Å²) in [5.74, 6) is 0.892. The molecule has 0 unspecified atom stereocenters. The lowest BCUT2D eigenvalue weighted by molar-refractivity contribution is -0.385. The van der Waals surface area contributed by atoms with Crippen molar-refractivity contribution in [1.82, 2.24) is 4.98 Å². The standard InChI is InChI=1S/C14H21N3O2/c1-11-9-12(17(18)19)10-15-13(11)16-7-4-5-14(2,3)6-8-16/h9-10H,4-8H2,1-3H3. The van der Waals surface area contributed by atoms with Gasteiger partial charge in [-0.15, -0.1) is 0 Å². The highest BCUT2D eigenvalue weighted by Crippen LogP contribution is 2.32. The average Bonchev–Trinajstić information content (AvgIpc) is 2.50. The fourth-order valence-corrected chi connectivity index (χ4v) is 2.62. The number of hydrogen-bond donors (Lipinski definition) is 0. The highest BCUT2D eigenvalue weighted by molar-refractivity contribution is 5.50. The summed E-state index contributed by atoms with van der Waals surface area (Å²) in [5, 5.41) is 10.7. The minimum absolute atomic E-state index is 0.0661. The zero-order chi connectivity index (χ0) is 14.0. The molecule has 1 aliphatic heterocycles. The third kappa shape index (κ3) is 3.22. The molecule has 0 saturated carbocycles. The van der Waals surface area contributed by atoms with E-state index in [1.54, 1.807) is 6.07 Å². The minimum Gasteiger partial charge on any atom is -0.356 e. The highest BCUT2D eigenvalue weighted by atomic mass is 16.6. The molecule has 0 aliphatic carbocycles. The Kier molecular flexibility index (Phi) is 3.73. The number of anilines is 1. The molecule has 1 aromatic heterocycles. The molecule has 104 valence electrons. The molecule has 0 radical (unpaired) electrons. The molecule has 2 rings (SSSR count). The molecular formula is C14H21N3O2. The molecule has 0 N–H and O–H groups in total.